The van der Waals surface area contributed by atoms with Gasteiger partial charge in [0.1, 0.15) is 5.02 Å². The van der Waals surface area contributed by atoms with Gasteiger partial charge in [0, 0.05) is 12.0 Å². The highest BCUT2D eigenvalue weighted by atomic mass is 35.5. The molecule has 12 heteroatoms. The van der Waals surface area contributed by atoms with Crippen LogP contribution < -0.4 is 14.4 Å². The summed E-state index contributed by atoms with van der Waals surface area (Å²) in [7, 11) is -2.51. The molecule has 236 valence electrons. The number of hydrogen-bond acceptors (Lipinski definition) is 8. The Morgan fingerprint density at radius 1 is 1.05 bits per heavy atom. The van der Waals surface area contributed by atoms with Crippen molar-refractivity contribution in [1.82, 2.24) is 5.32 Å². The molecule has 5 rings (SSSR count). The maximum Gasteiger partial charge on any atom is 0.349 e. The lowest BCUT2D eigenvalue weighted by Crippen LogP contribution is -2.46. The van der Waals surface area contributed by atoms with Gasteiger partial charge in [-0.3, -0.25) is 4.31 Å². The number of halogens is 1. The summed E-state index contributed by atoms with van der Waals surface area (Å²) in [6, 6.07) is 15.8. The fourth-order valence-electron chi connectivity index (χ4n) is 6.12. The summed E-state index contributed by atoms with van der Waals surface area (Å²) in [5.74, 6) is -2.14. The molecule has 1 aliphatic heterocycles. The third kappa shape index (κ3) is 7.22. The van der Waals surface area contributed by atoms with Crippen LogP contribution in [0.25, 0.3) is 10.4 Å². The number of anilines is 1. The van der Waals surface area contributed by atoms with Crippen LogP contribution >= 0.6 is 22.9 Å². The second-order valence-corrected chi connectivity index (χ2v) is 14.5. The predicted molar refractivity (Wildman–Crippen MR) is 172 cm³/mol. The van der Waals surface area contributed by atoms with Crippen LogP contribution in [0, 0.1) is 5.92 Å². The fourth-order valence-corrected chi connectivity index (χ4v) is 9.36. The van der Waals surface area contributed by atoms with E-state index < -0.39 is 28.1 Å². The molecule has 9 nitrogen and oxygen atoms in total. The monoisotopic (exact) mass is 660 g/mol. The molecule has 1 atom stereocenters. The molecule has 0 spiro atoms. The molecule has 1 unspecified atom stereocenters. The number of piperidine rings is 1. The Balaban J connectivity index is 1.53. The molecule has 44 heavy (non-hydrogen) atoms. The van der Waals surface area contributed by atoms with Gasteiger partial charge in [0.05, 0.1) is 23.4 Å². The lowest BCUT2D eigenvalue weighted by atomic mass is 9.85. The number of carboxylic acid groups (broad SMARTS) is 1. The smallest absolute Gasteiger partial charge is 0.349 e. The summed E-state index contributed by atoms with van der Waals surface area (Å²) in [4.78, 5) is 25.4. The molecular formula is C32H37ClN2O7S2. The number of hydrogen-bond donors (Lipinski definition) is 2. The molecule has 0 bridgehead atoms. The van der Waals surface area contributed by atoms with Gasteiger partial charge < -0.3 is 19.9 Å². The van der Waals surface area contributed by atoms with Gasteiger partial charge in [-0.05, 0) is 62.0 Å². The first-order valence-electron chi connectivity index (χ1n) is 14.9. The van der Waals surface area contributed by atoms with Crippen LogP contribution in [0.5, 0.6) is 5.75 Å². The molecule has 2 fully saturated rings. The molecule has 0 amide bonds. The molecule has 2 N–H and O–H groups in total. The number of esters is 1. The Labute approximate surface area is 267 Å². The quantitative estimate of drug-likeness (QED) is 0.228. The van der Waals surface area contributed by atoms with Gasteiger partial charge in [-0.15, -0.1) is 11.3 Å². The standard InChI is InChI=1S/C32H37ClN2O7S2/c1-41-32(38)27(22-11-6-3-7-12-22)42-28-26(33)29(43-30(28)31(36)37)23-13-8-14-25(19-23)35(24-15-17-34-18-16-24)44(39,40)20-21-9-4-2-5-10-21/h2,4-5,8-10,13-14,19,22,24,27,34H,3,6-7,11-12,15-18,20H2,1H3,(H,36,37). The van der Waals surface area contributed by atoms with Crippen molar-refractivity contribution < 1.29 is 32.6 Å². The van der Waals surface area contributed by atoms with E-state index >= 15 is 0 Å². The van der Waals surface area contributed by atoms with Crippen molar-refractivity contribution in [2.24, 2.45) is 5.92 Å². The van der Waals surface area contributed by atoms with E-state index in [4.69, 9.17) is 21.1 Å². The number of thiophene rings is 1. The number of carboxylic acids is 1. The molecule has 3 aromatic rings. The number of benzene rings is 2. The minimum atomic E-state index is -3.79. The van der Waals surface area contributed by atoms with Crippen LogP contribution in [0.1, 0.15) is 60.2 Å². The Kier molecular flexibility index (Phi) is 10.5. The van der Waals surface area contributed by atoms with E-state index in [9.17, 15) is 23.1 Å². The van der Waals surface area contributed by atoms with Crippen molar-refractivity contribution in [2.45, 2.75) is 62.8 Å². The van der Waals surface area contributed by atoms with E-state index in [1.54, 1.807) is 36.4 Å². The number of sulfonamides is 1. The van der Waals surface area contributed by atoms with Crippen LogP contribution in [0.3, 0.4) is 0 Å². The van der Waals surface area contributed by atoms with Gasteiger partial charge >= 0.3 is 11.9 Å². The lowest BCUT2D eigenvalue weighted by Gasteiger charge is -2.35. The minimum Gasteiger partial charge on any atom is -0.477 e. The van der Waals surface area contributed by atoms with E-state index in [1.165, 1.54) is 11.4 Å². The van der Waals surface area contributed by atoms with Crippen molar-refractivity contribution in [1.29, 1.82) is 0 Å². The van der Waals surface area contributed by atoms with E-state index in [2.05, 4.69) is 5.32 Å². The molecule has 1 aromatic heterocycles. The molecular weight excluding hydrogens is 624 g/mol. The second kappa shape index (κ2) is 14.3. The summed E-state index contributed by atoms with van der Waals surface area (Å²) in [6.07, 6.45) is 4.81. The number of methoxy groups -OCH3 is 1. The maximum atomic E-state index is 14.0. The molecule has 1 saturated carbocycles. The Morgan fingerprint density at radius 3 is 2.41 bits per heavy atom. The number of nitrogens with one attached hydrogen (secondary N) is 1. The lowest BCUT2D eigenvalue weighted by molar-refractivity contribution is -0.152. The summed E-state index contributed by atoms with van der Waals surface area (Å²) in [5.41, 5.74) is 1.72. The number of ether oxygens (including phenoxy) is 2. The van der Waals surface area contributed by atoms with Crippen molar-refractivity contribution in [3.8, 4) is 16.2 Å². The first kappa shape index (κ1) is 32.3. The van der Waals surface area contributed by atoms with Crippen molar-refractivity contribution >= 4 is 50.6 Å². The largest absolute Gasteiger partial charge is 0.477 e. The van der Waals surface area contributed by atoms with Crippen LogP contribution in [-0.2, 0) is 25.3 Å². The van der Waals surface area contributed by atoms with Crippen LogP contribution in [-0.4, -0.2) is 57.8 Å². The molecule has 2 heterocycles. The normalized spacial score (nSPS) is 17.1. The average Bonchev–Trinajstić information content (AvgIpc) is 3.36. The van der Waals surface area contributed by atoms with Gasteiger partial charge in [-0.25, -0.2) is 18.0 Å². The minimum absolute atomic E-state index is 0.0646. The number of aromatic carboxylic acids is 1. The Morgan fingerprint density at radius 2 is 1.75 bits per heavy atom. The van der Waals surface area contributed by atoms with E-state index in [0.29, 0.717) is 47.6 Å². The number of carbonyl (C=O) groups is 2. The molecule has 1 aliphatic carbocycles. The van der Waals surface area contributed by atoms with Crippen molar-refractivity contribution in [3.63, 3.8) is 0 Å². The Bertz CT molecular complexity index is 1570. The maximum absolute atomic E-state index is 14.0. The number of rotatable bonds is 11. The summed E-state index contributed by atoms with van der Waals surface area (Å²) < 4.78 is 40.6. The second-order valence-electron chi connectivity index (χ2n) is 11.2. The zero-order valence-corrected chi connectivity index (χ0v) is 26.9. The SMILES string of the molecule is COC(=O)C(Oc1c(C(=O)O)sc(-c2cccc(N(C3CCNCC3)S(=O)(=O)Cc3ccccc3)c2)c1Cl)C1CCCCC1. The molecule has 2 aliphatic rings. The van der Waals surface area contributed by atoms with E-state index in [1.807, 2.05) is 18.2 Å². The molecule has 1 saturated heterocycles. The van der Waals surface area contributed by atoms with E-state index in [0.717, 1.165) is 43.4 Å². The molecule has 0 radical (unpaired) electrons. The van der Waals surface area contributed by atoms with Crippen molar-refractivity contribution in [3.05, 3.63) is 70.1 Å². The molecule has 2 aromatic carbocycles. The van der Waals surface area contributed by atoms with Gasteiger partial charge in [-0.1, -0.05) is 73.3 Å². The zero-order chi connectivity index (χ0) is 31.3. The van der Waals surface area contributed by atoms with Gasteiger partial charge in [0.15, 0.2) is 16.7 Å². The van der Waals surface area contributed by atoms with E-state index in [-0.39, 0.29) is 33.4 Å². The van der Waals surface area contributed by atoms with Crippen LogP contribution in [0.4, 0.5) is 5.69 Å². The average molecular weight is 661 g/mol. The first-order valence-corrected chi connectivity index (χ1v) is 17.7. The predicted octanol–water partition coefficient (Wildman–Crippen LogP) is 6.36. The highest BCUT2D eigenvalue weighted by Crippen LogP contribution is 2.47. The van der Waals surface area contributed by atoms with Gasteiger partial charge in [0.25, 0.3) is 0 Å². The summed E-state index contributed by atoms with van der Waals surface area (Å²) >= 11 is 7.78. The third-order valence-electron chi connectivity index (χ3n) is 8.25. The number of carbonyl (C=O) groups excluding carboxylic acids is 1. The topological polar surface area (TPSA) is 122 Å². The fraction of sp³-hybridized carbons (Fsp3) is 0.438. The van der Waals surface area contributed by atoms with Gasteiger partial charge in [-0.2, -0.15) is 0 Å². The van der Waals surface area contributed by atoms with Crippen LogP contribution in [0.2, 0.25) is 5.02 Å². The first-order chi connectivity index (χ1) is 21.2. The van der Waals surface area contributed by atoms with Gasteiger partial charge in [0.2, 0.25) is 10.0 Å². The summed E-state index contributed by atoms with van der Waals surface area (Å²) in [5, 5.41) is 13.5. The zero-order valence-electron chi connectivity index (χ0n) is 24.5. The highest BCUT2D eigenvalue weighted by molar-refractivity contribution is 7.92. The third-order valence-corrected chi connectivity index (χ3v) is 11.7. The highest BCUT2D eigenvalue weighted by Gasteiger charge is 2.36. The number of nitrogens with zero attached hydrogens (tertiary/aromatic N) is 1. The van der Waals surface area contributed by atoms with Crippen molar-refractivity contribution in [2.75, 3.05) is 24.5 Å². The van der Waals surface area contributed by atoms with Crippen LogP contribution in [0.15, 0.2) is 54.6 Å². The summed E-state index contributed by atoms with van der Waals surface area (Å²) in [6.45, 7) is 1.40. The Hall–Kier alpha value is -3.12.